The summed E-state index contributed by atoms with van der Waals surface area (Å²) in [6.45, 7) is 21.6. The Morgan fingerprint density at radius 2 is 1.93 bits per heavy atom. The van der Waals surface area contributed by atoms with Crippen molar-refractivity contribution in [3.05, 3.63) is 98.4 Å². The number of aryl methyl sites for hydroxylation is 1. The highest BCUT2D eigenvalue weighted by atomic mass is 19.1. The van der Waals surface area contributed by atoms with E-state index in [9.17, 15) is 4.79 Å². The van der Waals surface area contributed by atoms with Crippen LogP contribution in [-0.2, 0) is 19.4 Å². The molecule has 5 nitrogen and oxygen atoms in total. The van der Waals surface area contributed by atoms with Gasteiger partial charge in [0.15, 0.2) is 0 Å². The summed E-state index contributed by atoms with van der Waals surface area (Å²) in [4.78, 5) is 21.7. The second-order valence-electron chi connectivity index (χ2n) is 13.1. The van der Waals surface area contributed by atoms with Gasteiger partial charge in [-0.15, -0.1) is 0 Å². The summed E-state index contributed by atoms with van der Waals surface area (Å²) in [6, 6.07) is 3.96. The molecule has 1 aromatic carbocycles. The molecule has 0 radical (unpaired) electrons. The van der Waals surface area contributed by atoms with Crippen molar-refractivity contribution in [3.63, 3.8) is 0 Å². The van der Waals surface area contributed by atoms with Crippen molar-refractivity contribution in [1.82, 2.24) is 19.8 Å². The topological polar surface area (TPSA) is 50.2 Å². The number of allylic oxidation sites excluding steroid dienone is 3. The Bertz CT molecular complexity index is 1780. The van der Waals surface area contributed by atoms with E-state index in [-0.39, 0.29) is 23.3 Å². The van der Waals surface area contributed by atoms with E-state index in [2.05, 4.69) is 49.9 Å². The second-order valence-corrected chi connectivity index (χ2v) is 13.1. The SMILES string of the molecule is C=C(CC)NCCC1CCN(C2CCc3c(C)c(F)cc4nc5c(c2c34)Cn2c-5cc3c(c2=O)CCC(=C)C3CC)C1=C. The van der Waals surface area contributed by atoms with E-state index in [4.69, 9.17) is 4.98 Å². The Kier molecular flexibility index (Phi) is 6.87. The third-order valence-electron chi connectivity index (χ3n) is 10.9. The predicted octanol–water partition coefficient (Wildman–Crippen LogP) is 7.60. The summed E-state index contributed by atoms with van der Waals surface area (Å²) in [5.74, 6) is 0.414. The molecule has 3 unspecified atom stereocenters. The van der Waals surface area contributed by atoms with E-state index >= 15 is 4.39 Å². The molecule has 1 saturated heterocycles. The fraction of sp³-hybridized carbons (Fsp3) is 0.459. The van der Waals surface area contributed by atoms with E-state index < -0.39 is 0 Å². The maximum absolute atomic E-state index is 15.3. The molecule has 2 aliphatic carbocycles. The molecule has 7 rings (SSSR count). The van der Waals surface area contributed by atoms with E-state index in [1.165, 1.54) is 16.8 Å². The number of nitrogens with zero attached hydrogens (tertiary/aromatic N) is 3. The first-order valence-electron chi connectivity index (χ1n) is 16.2. The Morgan fingerprint density at radius 3 is 2.70 bits per heavy atom. The largest absolute Gasteiger partial charge is 0.389 e. The van der Waals surface area contributed by atoms with Crippen LogP contribution in [0.1, 0.15) is 97.7 Å². The number of halogens is 1. The van der Waals surface area contributed by atoms with Crippen molar-refractivity contribution in [2.75, 3.05) is 13.1 Å². The zero-order valence-electron chi connectivity index (χ0n) is 25.9. The number of aromatic nitrogens is 2. The molecule has 2 aliphatic heterocycles. The zero-order valence-corrected chi connectivity index (χ0v) is 25.9. The minimum absolute atomic E-state index is 0.106. The van der Waals surface area contributed by atoms with E-state index in [1.54, 1.807) is 6.07 Å². The van der Waals surface area contributed by atoms with Crippen LogP contribution >= 0.6 is 0 Å². The van der Waals surface area contributed by atoms with Crippen LogP contribution in [-0.4, -0.2) is 27.5 Å². The molecule has 2 aromatic heterocycles. The molecular weight excluding hydrogens is 535 g/mol. The minimum Gasteiger partial charge on any atom is -0.389 e. The van der Waals surface area contributed by atoms with Crippen LogP contribution in [0.5, 0.6) is 0 Å². The number of likely N-dealkylation sites (tertiary alicyclic amines) is 1. The average Bonchev–Trinajstić information content (AvgIpc) is 3.55. The van der Waals surface area contributed by atoms with Crippen molar-refractivity contribution >= 4 is 10.9 Å². The minimum atomic E-state index is -0.200. The number of pyridine rings is 2. The van der Waals surface area contributed by atoms with Gasteiger partial charge in [-0.3, -0.25) is 4.79 Å². The summed E-state index contributed by atoms with van der Waals surface area (Å²) in [7, 11) is 0. The lowest BCUT2D eigenvalue weighted by Gasteiger charge is -2.37. The van der Waals surface area contributed by atoms with Gasteiger partial charge < -0.3 is 14.8 Å². The molecule has 1 fully saturated rings. The van der Waals surface area contributed by atoms with Gasteiger partial charge in [0.05, 0.1) is 29.5 Å². The van der Waals surface area contributed by atoms with Gasteiger partial charge in [0.25, 0.3) is 5.56 Å². The Balaban J connectivity index is 1.35. The lowest BCUT2D eigenvalue weighted by Crippen LogP contribution is -2.30. The van der Waals surface area contributed by atoms with Crippen LogP contribution in [0.2, 0.25) is 0 Å². The van der Waals surface area contributed by atoms with Gasteiger partial charge in [0, 0.05) is 58.9 Å². The third kappa shape index (κ3) is 4.23. The molecular formula is C37H43FN4O. The van der Waals surface area contributed by atoms with Gasteiger partial charge in [0.1, 0.15) is 5.82 Å². The first-order valence-corrected chi connectivity index (χ1v) is 16.2. The molecule has 4 heterocycles. The van der Waals surface area contributed by atoms with Crippen LogP contribution in [0.15, 0.2) is 53.6 Å². The van der Waals surface area contributed by atoms with Crippen LogP contribution in [0, 0.1) is 18.7 Å². The Labute approximate surface area is 254 Å². The molecule has 4 aliphatic rings. The lowest BCUT2D eigenvalue weighted by atomic mass is 9.78. The number of nitrogens with one attached hydrogen (secondary N) is 1. The van der Waals surface area contributed by atoms with E-state index in [1.807, 2.05) is 11.5 Å². The summed E-state index contributed by atoms with van der Waals surface area (Å²) in [5, 5.41) is 4.56. The first kappa shape index (κ1) is 28.1. The van der Waals surface area contributed by atoms with Crippen LogP contribution in [0.25, 0.3) is 22.3 Å². The number of fused-ring (bicyclic) bond motifs is 5. The molecule has 0 spiro atoms. The van der Waals surface area contributed by atoms with Gasteiger partial charge in [-0.1, -0.05) is 39.2 Å². The van der Waals surface area contributed by atoms with Crippen molar-refractivity contribution in [2.45, 2.75) is 90.6 Å². The maximum Gasteiger partial charge on any atom is 0.254 e. The smallest absolute Gasteiger partial charge is 0.254 e. The van der Waals surface area contributed by atoms with Gasteiger partial charge >= 0.3 is 0 Å². The first-order chi connectivity index (χ1) is 20.7. The number of hydrogen-bond acceptors (Lipinski definition) is 4. The van der Waals surface area contributed by atoms with Gasteiger partial charge in [-0.05, 0) is 86.6 Å². The molecule has 3 atom stereocenters. The fourth-order valence-electron chi connectivity index (χ4n) is 8.46. The van der Waals surface area contributed by atoms with Crippen LogP contribution in [0.4, 0.5) is 4.39 Å². The predicted molar refractivity (Wildman–Crippen MR) is 173 cm³/mol. The van der Waals surface area contributed by atoms with E-state index in [0.29, 0.717) is 18.0 Å². The van der Waals surface area contributed by atoms with Gasteiger partial charge in [-0.25, -0.2) is 9.37 Å². The molecule has 0 saturated carbocycles. The summed E-state index contributed by atoms with van der Waals surface area (Å²) in [5.41, 5.74) is 12.2. The monoisotopic (exact) mass is 578 g/mol. The quantitative estimate of drug-likeness (QED) is 0.230. The van der Waals surface area contributed by atoms with Crippen molar-refractivity contribution in [2.24, 2.45) is 5.92 Å². The zero-order chi connectivity index (χ0) is 30.2. The van der Waals surface area contributed by atoms with Crippen LogP contribution < -0.4 is 10.9 Å². The molecule has 224 valence electrons. The summed E-state index contributed by atoms with van der Waals surface area (Å²) in [6.07, 6.45) is 7.29. The Hall–Kier alpha value is -3.67. The molecule has 6 heteroatoms. The molecule has 43 heavy (non-hydrogen) atoms. The summed E-state index contributed by atoms with van der Waals surface area (Å²) < 4.78 is 17.2. The van der Waals surface area contributed by atoms with Crippen molar-refractivity contribution < 1.29 is 4.39 Å². The lowest BCUT2D eigenvalue weighted by molar-refractivity contribution is 0.269. The number of rotatable bonds is 7. The van der Waals surface area contributed by atoms with Crippen molar-refractivity contribution in [3.8, 4) is 11.4 Å². The standard InChI is InChI=1S/C37H43FN4O/c1-7-21(4)39-15-13-24-14-16-41(23(24)6)32-12-11-26-22(5)30(38)18-31-34(26)35(32)29-19-42-33(36(29)40-31)17-28-25(8-2)20(3)9-10-27(28)37(42)43/h17-18,24-25,32,39H,3-4,6-16,19H2,1-2,5H3. The highest BCUT2D eigenvalue weighted by molar-refractivity contribution is 5.93. The molecule has 0 bridgehead atoms. The fourth-order valence-corrected chi connectivity index (χ4v) is 8.46. The molecule has 0 amide bonds. The summed E-state index contributed by atoms with van der Waals surface area (Å²) >= 11 is 0. The molecule has 3 aromatic rings. The highest BCUT2D eigenvalue weighted by Crippen LogP contribution is 2.50. The number of hydrogen-bond donors (Lipinski definition) is 1. The molecule has 1 N–H and O–H groups in total. The number of benzene rings is 1. The maximum atomic E-state index is 15.3. The third-order valence-corrected chi connectivity index (χ3v) is 10.9. The van der Waals surface area contributed by atoms with Crippen molar-refractivity contribution in [1.29, 1.82) is 0 Å². The van der Waals surface area contributed by atoms with Crippen LogP contribution in [0.3, 0.4) is 0 Å². The normalized spacial score (nSPS) is 22.1. The second kappa shape index (κ2) is 10.5. The highest BCUT2D eigenvalue weighted by Gasteiger charge is 2.40. The van der Waals surface area contributed by atoms with E-state index in [0.717, 1.165) is 115 Å². The van der Waals surface area contributed by atoms with Gasteiger partial charge in [-0.2, -0.15) is 0 Å². The van der Waals surface area contributed by atoms with Gasteiger partial charge in [0.2, 0.25) is 0 Å². The average molecular weight is 579 g/mol. The Morgan fingerprint density at radius 1 is 1.12 bits per heavy atom.